The summed E-state index contributed by atoms with van der Waals surface area (Å²) in [6, 6.07) is 8.10. The van der Waals surface area contributed by atoms with Crippen LogP contribution in [0.1, 0.15) is 25.0 Å². The van der Waals surface area contributed by atoms with Gasteiger partial charge in [-0.05, 0) is 25.0 Å². The van der Waals surface area contributed by atoms with E-state index in [4.69, 9.17) is 5.26 Å². The molecule has 0 aliphatic rings. The smallest absolute Gasteiger partial charge is 0.0998 e. The molecule has 1 aromatic heterocycles. The van der Waals surface area contributed by atoms with Crippen molar-refractivity contribution in [1.82, 2.24) is 9.78 Å². The molecule has 0 bridgehead atoms. The average molecular weight is 239 g/mol. The van der Waals surface area contributed by atoms with E-state index in [2.05, 4.69) is 25.0 Å². The molecular formula is C15H17N3. The van der Waals surface area contributed by atoms with Gasteiger partial charge in [-0.25, -0.2) is 0 Å². The Morgan fingerprint density at radius 2 is 2.17 bits per heavy atom. The lowest BCUT2D eigenvalue weighted by atomic mass is 10.0. The molecule has 18 heavy (non-hydrogen) atoms. The molecule has 3 nitrogen and oxygen atoms in total. The topological polar surface area (TPSA) is 41.6 Å². The highest BCUT2D eigenvalue weighted by atomic mass is 15.3. The maximum atomic E-state index is 9.15. The summed E-state index contributed by atoms with van der Waals surface area (Å²) in [6.07, 6.45) is 3.84. The maximum absolute atomic E-state index is 9.15. The standard InChI is InChI=1S/C15H17N3/c1-11(2)9-18-10-14(8-17-18)15-6-12(3)4-5-13(15)7-16/h4-6,8,10-11H,9H2,1-3H3. The molecule has 0 fully saturated rings. The molecule has 0 atom stereocenters. The van der Waals surface area contributed by atoms with Crippen molar-refractivity contribution in [3.63, 3.8) is 0 Å². The fourth-order valence-corrected chi connectivity index (χ4v) is 1.97. The lowest BCUT2D eigenvalue weighted by Crippen LogP contribution is -2.04. The molecule has 0 spiro atoms. The summed E-state index contributed by atoms with van der Waals surface area (Å²) in [5.41, 5.74) is 3.83. The van der Waals surface area contributed by atoms with Crippen LogP contribution in [0.3, 0.4) is 0 Å². The summed E-state index contributed by atoms with van der Waals surface area (Å²) in [6.45, 7) is 7.25. The zero-order valence-corrected chi connectivity index (χ0v) is 11.0. The normalized spacial score (nSPS) is 10.6. The number of benzene rings is 1. The molecule has 92 valence electrons. The van der Waals surface area contributed by atoms with Crippen LogP contribution < -0.4 is 0 Å². The molecule has 0 saturated heterocycles. The molecule has 3 heteroatoms. The van der Waals surface area contributed by atoms with Crippen LogP contribution in [0.2, 0.25) is 0 Å². The molecule has 0 unspecified atom stereocenters. The van der Waals surface area contributed by atoms with Crippen LogP contribution in [-0.2, 0) is 6.54 Å². The van der Waals surface area contributed by atoms with Crippen LogP contribution >= 0.6 is 0 Å². The number of rotatable bonds is 3. The van der Waals surface area contributed by atoms with Crippen LogP contribution in [0.4, 0.5) is 0 Å². The van der Waals surface area contributed by atoms with Crippen molar-refractivity contribution in [3.8, 4) is 17.2 Å². The van der Waals surface area contributed by atoms with Gasteiger partial charge in [-0.3, -0.25) is 4.68 Å². The minimum atomic E-state index is 0.561. The molecule has 2 aromatic rings. The summed E-state index contributed by atoms with van der Waals surface area (Å²) in [4.78, 5) is 0. The first-order chi connectivity index (χ1) is 8.60. The van der Waals surface area contributed by atoms with E-state index in [9.17, 15) is 0 Å². The zero-order chi connectivity index (χ0) is 13.1. The highest BCUT2D eigenvalue weighted by Gasteiger charge is 2.08. The Labute approximate surface area is 108 Å². The molecule has 1 heterocycles. The maximum Gasteiger partial charge on any atom is 0.0998 e. The second-order valence-corrected chi connectivity index (χ2v) is 5.01. The van der Waals surface area contributed by atoms with Gasteiger partial charge in [-0.1, -0.05) is 25.5 Å². The van der Waals surface area contributed by atoms with Crippen molar-refractivity contribution in [2.24, 2.45) is 5.92 Å². The Kier molecular flexibility index (Phi) is 3.47. The third-order valence-corrected chi connectivity index (χ3v) is 2.79. The van der Waals surface area contributed by atoms with E-state index in [1.165, 1.54) is 0 Å². The third-order valence-electron chi connectivity index (χ3n) is 2.79. The van der Waals surface area contributed by atoms with Gasteiger partial charge < -0.3 is 0 Å². The molecule has 0 radical (unpaired) electrons. The number of aromatic nitrogens is 2. The van der Waals surface area contributed by atoms with E-state index in [0.717, 1.165) is 23.2 Å². The fraction of sp³-hybridized carbons (Fsp3) is 0.333. The first-order valence-electron chi connectivity index (χ1n) is 6.13. The number of nitrogens with zero attached hydrogens (tertiary/aromatic N) is 3. The van der Waals surface area contributed by atoms with Gasteiger partial charge in [0.15, 0.2) is 0 Å². The van der Waals surface area contributed by atoms with E-state index in [0.29, 0.717) is 11.5 Å². The summed E-state index contributed by atoms with van der Waals surface area (Å²) in [7, 11) is 0. The third kappa shape index (κ3) is 2.60. The SMILES string of the molecule is Cc1ccc(C#N)c(-c2cnn(CC(C)C)c2)c1. The van der Waals surface area contributed by atoms with Gasteiger partial charge >= 0.3 is 0 Å². The van der Waals surface area contributed by atoms with Crippen LogP contribution in [0, 0.1) is 24.2 Å². The minimum Gasteiger partial charge on any atom is -0.272 e. The minimum absolute atomic E-state index is 0.561. The lowest BCUT2D eigenvalue weighted by Gasteiger charge is -2.04. The van der Waals surface area contributed by atoms with Gasteiger partial charge in [0.05, 0.1) is 17.8 Å². The van der Waals surface area contributed by atoms with Crippen molar-refractivity contribution in [2.45, 2.75) is 27.3 Å². The van der Waals surface area contributed by atoms with Gasteiger partial charge in [-0.2, -0.15) is 10.4 Å². The molecule has 0 aliphatic heterocycles. The number of hydrogen-bond acceptors (Lipinski definition) is 2. The second kappa shape index (κ2) is 5.05. The first-order valence-corrected chi connectivity index (χ1v) is 6.13. The second-order valence-electron chi connectivity index (χ2n) is 5.01. The zero-order valence-electron chi connectivity index (χ0n) is 11.0. The Balaban J connectivity index is 2.40. The highest BCUT2D eigenvalue weighted by Crippen LogP contribution is 2.24. The quantitative estimate of drug-likeness (QED) is 0.823. The molecule has 0 N–H and O–H groups in total. The van der Waals surface area contributed by atoms with E-state index in [-0.39, 0.29) is 0 Å². The number of nitriles is 1. The Morgan fingerprint density at radius 3 is 2.83 bits per heavy atom. The van der Waals surface area contributed by atoms with Gasteiger partial charge in [0, 0.05) is 23.9 Å². The van der Waals surface area contributed by atoms with E-state index >= 15 is 0 Å². The Bertz CT molecular complexity index is 588. The van der Waals surface area contributed by atoms with Gasteiger partial charge in [0.25, 0.3) is 0 Å². The average Bonchev–Trinajstić information content (AvgIpc) is 2.76. The van der Waals surface area contributed by atoms with Gasteiger partial charge in [-0.15, -0.1) is 0 Å². The molecular weight excluding hydrogens is 222 g/mol. The number of hydrogen-bond donors (Lipinski definition) is 0. The van der Waals surface area contributed by atoms with Gasteiger partial charge in [0.1, 0.15) is 0 Å². The molecule has 0 aliphatic carbocycles. The first kappa shape index (κ1) is 12.4. The molecule has 0 amide bonds. The van der Waals surface area contributed by atoms with E-state index < -0.39 is 0 Å². The monoisotopic (exact) mass is 239 g/mol. The molecule has 1 aromatic carbocycles. The summed E-state index contributed by atoms with van der Waals surface area (Å²) < 4.78 is 1.93. The Hall–Kier alpha value is -2.08. The van der Waals surface area contributed by atoms with Crippen molar-refractivity contribution in [2.75, 3.05) is 0 Å². The van der Waals surface area contributed by atoms with Crippen LogP contribution in [-0.4, -0.2) is 9.78 Å². The van der Waals surface area contributed by atoms with Crippen molar-refractivity contribution < 1.29 is 0 Å². The summed E-state index contributed by atoms with van der Waals surface area (Å²) in [5, 5.41) is 13.5. The predicted octanol–water partition coefficient (Wildman–Crippen LogP) is 3.39. The summed E-state index contributed by atoms with van der Waals surface area (Å²) >= 11 is 0. The highest BCUT2D eigenvalue weighted by molar-refractivity contribution is 5.70. The summed E-state index contributed by atoms with van der Waals surface area (Å²) in [5.74, 6) is 0.561. The van der Waals surface area contributed by atoms with Crippen molar-refractivity contribution in [3.05, 3.63) is 41.7 Å². The van der Waals surface area contributed by atoms with Crippen LogP contribution in [0.25, 0.3) is 11.1 Å². The predicted molar refractivity (Wildman–Crippen MR) is 72.0 cm³/mol. The van der Waals surface area contributed by atoms with Gasteiger partial charge in [0.2, 0.25) is 0 Å². The Morgan fingerprint density at radius 1 is 1.39 bits per heavy atom. The van der Waals surface area contributed by atoms with E-state index in [1.807, 2.05) is 42.2 Å². The molecule has 2 rings (SSSR count). The van der Waals surface area contributed by atoms with Crippen molar-refractivity contribution >= 4 is 0 Å². The lowest BCUT2D eigenvalue weighted by molar-refractivity contribution is 0.483. The largest absolute Gasteiger partial charge is 0.272 e. The number of aryl methyl sites for hydroxylation is 1. The fourth-order valence-electron chi connectivity index (χ4n) is 1.97. The molecule has 0 saturated carbocycles. The van der Waals surface area contributed by atoms with Crippen molar-refractivity contribution in [1.29, 1.82) is 5.26 Å². The van der Waals surface area contributed by atoms with Crippen LogP contribution in [0.5, 0.6) is 0 Å². The van der Waals surface area contributed by atoms with Crippen LogP contribution in [0.15, 0.2) is 30.6 Å². The van der Waals surface area contributed by atoms with E-state index in [1.54, 1.807) is 0 Å².